The number of likely N-dealkylation sites (tertiary alicyclic amines) is 1. The summed E-state index contributed by atoms with van der Waals surface area (Å²) in [5.74, 6) is 0.717. The molecule has 2 nitrogen and oxygen atoms in total. The van der Waals surface area contributed by atoms with Gasteiger partial charge < -0.3 is 5.32 Å². The highest BCUT2D eigenvalue weighted by molar-refractivity contribution is 5.25. The predicted octanol–water partition coefficient (Wildman–Crippen LogP) is 3.95. The highest BCUT2D eigenvalue weighted by Crippen LogP contribution is 2.22. The molecule has 2 rings (SSSR count). The van der Waals surface area contributed by atoms with Crippen molar-refractivity contribution in [1.82, 2.24) is 10.2 Å². The number of nitrogens with zero attached hydrogens (tertiary/aromatic N) is 1. The normalized spacial score (nSPS) is 20.1. The van der Waals surface area contributed by atoms with E-state index in [1.807, 2.05) is 12.1 Å². The van der Waals surface area contributed by atoms with Gasteiger partial charge in [0.25, 0.3) is 0 Å². The lowest BCUT2D eigenvalue weighted by molar-refractivity contribution is 0.163. The van der Waals surface area contributed by atoms with E-state index in [9.17, 15) is 4.39 Å². The van der Waals surface area contributed by atoms with Crippen LogP contribution in [0.5, 0.6) is 0 Å². The van der Waals surface area contributed by atoms with Crippen LogP contribution in [0.15, 0.2) is 18.2 Å². The Morgan fingerprint density at radius 3 is 2.90 bits per heavy atom. The standard InChI is InChI=1S/C18H29FN2/c1-4-15-6-5-9-21(12-15)13-17-10-16(7-8-18(17)19)11-20-14(2)3/h7-8,10,14-15,20H,4-6,9,11-13H2,1-3H3. The topological polar surface area (TPSA) is 15.3 Å². The molecule has 0 amide bonds. The van der Waals surface area contributed by atoms with Crippen LogP contribution in [0.3, 0.4) is 0 Å². The Morgan fingerprint density at radius 1 is 1.38 bits per heavy atom. The molecule has 1 aliphatic heterocycles. The minimum atomic E-state index is -0.0677. The van der Waals surface area contributed by atoms with E-state index in [1.54, 1.807) is 6.07 Å². The molecule has 1 atom stereocenters. The van der Waals surface area contributed by atoms with Crippen molar-refractivity contribution < 1.29 is 4.39 Å². The van der Waals surface area contributed by atoms with Crippen LogP contribution in [0.25, 0.3) is 0 Å². The van der Waals surface area contributed by atoms with Crippen LogP contribution in [0, 0.1) is 11.7 Å². The maximum absolute atomic E-state index is 14.1. The van der Waals surface area contributed by atoms with Gasteiger partial charge in [-0.05, 0) is 36.9 Å². The Bertz CT molecular complexity index is 445. The summed E-state index contributed by atoms with van der Waals surface area (Å²) in [6, 6.07) is 5.99. The number of halogens is 1. The Kier molecular flexibility index (Phi) is 6.19. The zero-order chi connectivity index (χ0) is 15.2. The minimum Gasteiger partial charge on any atom is -0.310 e. The van der Waals surface area contributed by atoms with E-state index in [4.69, 9.17) is 0 Å². The van der Waals surface area contributed by atoms with Gasteiger partial charge in [0.05, 0.1) is 0 Å². The van der Waals surface area contributed by atoms with Gasteiger partial charge in [0, 0.05) is 31.2 Å². The van der Waals surface area contributed by atoms with Crippen LogP contribution in [0.1, 0.15) is 51.2 Å². The number of piperidine rings is 1. The van der Waals surface area contributed by atoms with Crippen LogP contribution in [-0.2, 0) is 13.1 Å². The first-order valence-corrected chi connectivity index (χ1v) is 8.31. The molecule has 1 saturated heterocycles. The smallest absolute Gasteiger partial charge is 0.127 e. The zero-order valence-corrected chi connectivity index (χ0v) is 13.7. The Morgan fingerprint density at radius 2 is 2.19 bits per heavy atom. The minimum absolute atomic E-state index is 0.0677. The molecule has 21 heavy (non-hydrogen) atoms. The number of rotatable bonds is 6. The summed E-state index contributed by atoms with van der Waals surface area (Å²) < 4.78 is 14.1. The van der Waals surface area contributed by atoms with Crippen molar-refractivity contribution in [1.29, 1.82) is 0 Å². The third-order valence-electron chi connectivity index (χ3n) is 4.40. The Labute approximate surface area is 128 Å². The van der Waals surface area contributed by atoms with E-state index in [0.29, 0.717) is 6.04 Å². The number of hydrogen-bond donors (Lipinski definition) is 1. The Balaban J connectivity index is 1.99. The maximum atomic E-state index is 14.1. The molecular weight excluding hydrogens is 263 g/mol. The van der Waals surface area contributed by atoms with Crippen molar-refractivity contribution in [2.24, 2.45) is 5.92 Å². The zero-order valence-electron chi connectivity index (χ0n) is 13.7. The highest BCUT2D eigenvalue weighted by Gasteiger charge is 2.19. The summed E-state index contributed by atoms with van der Waals surface area (Å²) in [4.78, 5) is 2.41. The van der Waals surface area contributed by atoms with Gasteiger partial charge in [-0.3, -0.25) is 4.90 Å². The summed E-state index contributed by atoms with van der Waals surface area (Å²) in [7, 11) is 0. The largest absolute Gasteiger partial charge is 0.310 e. The molecule has 0 aromatic heterocycles. The number of benzene rings is 1. The molecule has 1 aromatic rings. The third kappa shape index (κ3) is 5.08. The summed E-state index contributed by atoms with van der Waals surface area (Å²) in [6.45, 7) is 10.3. The van der Waals surface area contributed by atoms with Gasteiger partial charge in [0.2, 0.25) is 0 Å². The predicted molar refractivity (Wildman–Crippen MR) is 86.7 cm³/mol. The quantitative estimate of drug-likeness (QED) is 0.854. The lowest BCUT2D eigenvalue weighted by Crippen LogP contribution is -2.34. The van der Waals surface area contributed by atoms with Gasteiger partial charge >= 0.3 is 0 Å². The second kappa shape index (κ2) is 7.90. The van der Waals surface area contributed by atoms with Gasteiger partial charge in [-0.1, -0.05) is 39.3 Å². The first-order chi connectivity index (χ1) is 10.1. The van der Waals surface area contributed by atoms with E-state index in [0.717, 1.165) is 37.7 Å². The van der Waals surface area contributed by atoms with E-state index in [-0.39, 0.29) is 5.82 Å². The van der Waals surface area contributed by atoms with Gasteiger partial charge in [0.1, 0.15) is 5.82 Å². The van der Waals surface area contributed by atoms with E-state index < -0.39 is 0 Å². The molecule has 1 N–H and O–H groups in total. The molecule has 1 heterocycles. The van der Waals surface area contributed by atoms with Crippen LogP contribution in [-0.4, -0.2) is 24.0 Å². The van der Waals surface area contributed by atoms with Gasteiger partial charge in [-0.25, -0.2) is 4.39 Å². The van der Waals surface area contributed by atoms with Gasteiger partial charge in [-0.15, -0.1) is 0 Å². The first-order valence-electron chi connectivity index (χ1n) is 8.31. The monoisotopic (exact) mass is 292 g/mol. The third-order valence-corrected chi connectivity index (χ3v) is 4.40. The second-order valence-electron chi connectivity index (χ2n) is 6.61. The number of hydrogen-bond acceptors (Lipinski definition) is 2. The van der Waals surface area contributed by atoms with Gasteiger partial charge in [-0.2, -0.15) is 0 Å². The van der Waals surface area contributed by atoms with Crippen molar-refractivity contribution in [2.75, 3.05) is 13.1 Å². The molecule has 3 heteroatoms. The van der Waals surface area contributed by atoms with Crippen molar-refractivity contribution in [3.8, 4) is 0 Å². The van der Waals surface area contributed by atoms with Crippen molar-refractivity contribution in [3.05, 3.63) is 35.1 Å². The van der Waals surface area contributed by atoms with Crippen molar-refractivity contribution in [3.63, 3.8) is 0 Å². The van der Waals surface area contributed by atoms with Crippen LogP contribution < -0.4 is 5.32 Å². The van der Waals surface area contributed by atoms with Crippen LogP contribution >= 0.6 is 0 Å². The van der Waals surface area contributed by atoms with Crippen molar-refractivity contribution in [2.45, 2.75) is 59.2 Å². The van der Waals surface area contributed by atoms with Crippen LogP contribution in [0.2, 0.25) is 0 Å². The van der Waals surface area contributed by atoms with Crippen molar-refractivity contribution >= 4 is 0 Å². The summed E-state index contributed by atoms with van der Waals surface area (Å²) in [5, 5.41) is 3.39. The van der Waals surface area contributed by atoms with Gasteiger partial charge in [0.15, 0.2) is 0 Å². The van der Waals surface area contributed by atoms with E-state index in [1.165, 1.54) is 24.8 Å². The fourth-order valence-corrected chi connectivity index (χ4v) is 3.05. The average molecular weight is 292 g/mol. The molecule has 0 saturated carbocycles. The molecule has 0 bridgehead atoms. The van der Waals surface area contributed by atoms with E-state index in [2.05, 4.69) is 31.0 Å². The fraction of sp³-hybridized carbons (Fsp3) is 0.667. The molecule has 1 aliphatic rings. The highest BCUT2D eigenvalue weighted by atomic mass is 19.1. The average Bonchev–Trinajstić information content (AvgIpc) is 2.48. The molecule has 1 fully saturated rings. The number of nitrogens with one attached hydrogen (secondary N) is 1. The molecule has 118 valence electrons. The molecule has 1 unspecified atom stereocenters. The van der Waals surface area contributed by atoms with E-state index >= 15 is 0 Å². The lowest BCUT2D eigenvalue weighted by atomic mass is 9.95. The summed E-state index contributed by atoms with van der Waals surface area (Å²) >= 11 is 0. The molecule has 0 spiro atoms. The molecule has 0 aliphatic carbocycles. The SMILES string of the molecule is CCC1CCCN(Cc2cc(CNC(C)C)ccc2F)C1. The lowest BCUT2D eigenvalue weighted by Gasteiger charge is -2.32. The molecular formula is C18H29FN2. The maximum Gasteiger partial charge on any atom is 0.127 e. The Hall–Kier alpha value is -0.930. The summed E-state index contributed by atoms with van der Waals surface area (Å²) in [5.41, 5.74) is 2.01. The molecule has 0 radical (unpaired) electrons. The van der Waals surface area contributed by atoms with Crippen LogP contribution in [0.4, 0.5) is 4.39 Å². The molecule has 1 aromatic carbocycles. The second-order valence-corrected chi connectivity index (χ2v) is 6.61. The fourth-order valence-electron chi connectivity index (χ4n) is 3.05. The summed E-state index contributed by atoms with van der Waals surface area (Å²) in [6.07, 6.45) is 3.81. The first kappa shape index (κ1) is 16.4.